The van der Waals surface area contributed by atoms with Gasteiger partial charge in [-0.1, -0.05) is 54.6 Å². The Morgan fingerprint density at radius 2 is 1.75 bits per heavy atom. The molecular formula is C27H35N3O2. The minimum Gasteiger partial charge on any atom is -0.391 e. The summed E-state index contributed by atoms with van der Waals surface area (Å²) < 4.78 is 0. The van der Waals surface area contributed by atoms with E-state index in [2.05, 4.69) is 63.6 Å². The van der Waals surface area contributed by atoms with E-state index < -0.39 is 0 Å². The molecule has 5 heteroatoms. The van der Waals surface area contributed by atoms with Crippen LogP contribution in [-0.2, 0) is 4.79 Å². The van der Waals surface area contributed by atoms with Crippen LogP contribution in [0.1, 0.15) is 44.2 Å². The second-order valence-corrected chi connectivity index (χ2v) is 9.92. The molecule has 3 fully saturated rings. The summed E-state index contributed by atoms with van der Waals surface area (Å²) in [6, 6.07) is 19.6. The third-order valence-electron chi connectivity index (χ3n) is 8.06. The van der Waals surface area contributed by atoms with Gasteiger partial charge in [0.15, 0.2) is 0 Å². The van der Waals surface area contributed by atoms with Gasteiger partial charge in [-0.2, -0.15) is 0 Å². The van der Waals surface area contributed by atoms with Crippen LogP contribution in [-0.4, -0.2) is 65.7 Å². The zero-order valence-corrected chi connectivity index (χ0v) is 19.0. The quantitative estimate of drug-likeness (QED) is 0.733. The van der Waals surface area contributed by atoms with E-state index in [1.54, 1.807) is 0 Å². The van der Waals surface area contributed by atoms with Crippen LogP contribution in [0.4, 0.5) is 0 Å². The van der Waals surface area contributed by atoms with Crippen LogP contribution in [0.2, 0.25) is 0 Å². The summed E-state index contributed by atoms with van der Waals surface area (Å²) in [5.41, 5.74) is 3.97. The largest absolute Gasteiger partial charge is 0.391 e. The first-order chi connectivity index (χ1) is 15.6. The first-order valence-electron chi connectivity index (χ1n) is 12.1. The normalized spacial score (nSPS) is 26.6. The highest BCUT2D eigenvalue weighted by atomic mass is 16.3. The van der Waals surface area contributed by atoms with E-state index in [0.717, 1.165) is 45.6 Å². The number of aliphatic hydroxyl groups is 1. The molecule has 1 spiro atoms. The number of nitrogens with zero attached hydrogens (tertiary/aromatic N) is 2. The second kappa shape index (κ2) is 8.97. The Labute approximate surface area is 191 Å². The number of β-amino-alcohol motifs (C(OH)–C–C–N with tert-alkyl or cyclic N) is 1. The first-order valence-corrected chi connectivity index (χ1v) is 12.1. The maximum Gasteiger partial charge on any atom is 0.237 e. The zero-order valence-electron chi connectivity index (χ0n) is 19.0. The van der Waals surface area contributed by atoms with Crippen LogP contribution in [0.25, 0.3) is 11.1 Å². The summed E-state index contributed by atoms with van der Waals surface area (Å²) in [5.74, 6) is 0.129. The van der Waals surface area contributed by atoms with E-state index in [1.807, 2.05) is 13.0 Å². The van der Waals surface area contributed by atoms with Gasteiger partial charge >= 0.3 is 0 Å². The van der Waals surface area contributed by atoms with Crippen molar-refractivity contribution < 1.29 is 9.90 Å². The molecule has 2 N–H and O–H groups in total. The minimum atomic E-state index is -0.220. The molecule has 3 aliphatic rings. The van der Waals surface area contributed by atoms with E-state index >= 15 is 0 Å². The van der Waals surface area contributed by atoms with Crippen LogP contribution < -0.4 is 5.32 Å². The number of carbonyl (C=O) groups is 1. The highest BCUT2D eigenvalue weighted by Crippen LogP contribution is 2.54. The number of likely N-dealkylation sites (tertiary alicyclic amines) is 1. The molecule has 2 aliphatic heterocycles. The van der Waals surface area contributed by atoms with Crippen molar-refractivity contribution in [3.05, 3.63) is 60.2 Å². The molecule has 1 unspecified atom stereocenters. The topological polar surface area (TPSA) is 55.8 Å². The molecule has 2 heterocycles. The molecule has 32 heavy (non-hydrogen) atoms. The summed E-state index contributed by atoms with van der Waals surface area (Å²) in [6.45, 7) is 6.30. The number of benzene rings is 2. The van der Waals surface area contributed by atoms with Crippen molar-refractivity contribution in [1.82, 2.24) is 15.1 Å². The van der Waals surface area contributed by atoms with Gasteiger partial charge in [0.2, 0.25) is 5.91 Å². The van der Waals surface area contributed by atoms with E-state index in [9.17, 15) is 9.90 Å². The Morgan fingerprint density at radius 3 is 2.44 bits per heavy atom. The minimum absolute atomic E-state index is 0.0773. The fourth-order valence-corrected chi connectivity index (χ4v) is 5.58. The van der Waals surface area contributed by atoms with Crippen molar-refractivity contribution in [2.24, 2.45) is 5.41 Å². The Hall–Kier alpha value is -2.21. The van der Waals surface area contributed by atoms with E-state index in [1.165, 1.54) is 29.5 Å². The van der Waals surface area contributed by atoms with Crippen molar-refractivity contribution >= 4 is 5.91 Å². The lowest BCUT2D eigenvalue weighted by atomic mass is 9.88. The fraction of sp³-hybridized carbons (Fsp3) is 0.519. The molecule has 5 rings (SSSR count). The highest BCUT2D eigenvalue weighted by molar-refractivity contribution is 5.81. The number of amides is 1. The fourth-order valence-electron chi connectivity index (χ4n) is 5.58. The molecule has 5 nitrogen and oxygen atoms in total. The number of hydrogen-bond donors (Lipinski definition) is 2. The molecule has 0 radical (unpaired) electrons. The Kier molecular flexibility index (Phi) is 6.06. The standard InChI is InChI=1S/C27H35N3O2/c1-20-26(32)28-15-18-29(20)16-11-24(30-17-14-27(12-13-27)25(31)19-30)23-9-7-22(8-10-23)21-5-3-2-4-6-21/h2-10,20,24-25,31H,11-19H2,1H3,(H,28,32)/t20-,24?,25-/m1/s1. The van der Waals surface area contributed by atoms with Gasteiger partial charge in [0, 0.05) is 32.2 Å². The lowest BCUT2D eigenvalue weighted by Gasteiger charge is -2.42. The molecule has 2 saturated heterocycles. The molecule has 1 saturated carbocycles. The summed E-state index contributed by atoms with van der Waals surface area (Å²) in [6.07, 6.45) is 4.19. The summed E-state index contributed by atoms with van der Waals surface area (Å²) in [5, 5.41) is 13.8. The van der Waals surface area contributed by atoms with Crippen molar-refractivity contribution in [3.8, 4) is 11.1 Å². The van der Waals surface area contributed by atoms with Gasteiger partial charge in [-0.05, 0) is 61.3 Å². The van der Waals surface area contributed by atoms with Crippen LogP contribution in [0.3, 0.4) is 0 Å². The van der Waals surface area contributed by atoms with Crippen molar-refractivity contribution in [2.75, 3.05) is 32.7 Å². The lowest BCUT2D eigenvalue weighted by molar-refractivity contribution is -0.128. The van der Waals surface area contributed by atoms with Gasteiger partial charge in [-0.3, -0.25) is 14.6 Å². The Bertz CT molecular complexity index is 926. The van der Waals surface area contributed by atoms with Gasteiger partial charge < -0.3 is 10.4 Å². The van der Waals surface area contributed by atoms with E-state index in [0.29, 0.717) is 0 Å². The molecule has 3 atom stereocenters. The van der Waals surface area contributed by atoms with Crippen LogP contribution in [0, 0.1) is 5.41 Å². The maximum atomic E-state index is 12.1. The van der Waals surface area contributed by atoms with Gasteiger partial charge in [-0.15, -0.1) is 0 Å². The van der Waals surface area contributed by atoms with E-state index in [-0.39, 0.29) is 29.5 Å². The molecule has 170 valence electrons. The predicted octanol–water partition coefficient (Wildman–Crippen LogP) is 3.45. The summed E-state index contributed by atoms with van der Waals surface area (Å²) in [4.78, 5) is 16.9. The van der Waals surface area contributed by atoms with Crippen LogP contribution >= 0.6 is 0 Å². The van der Waals surface area contributed by atoms with Gasteiger partial charge in [0.25, 0.3) is 0 Å². The van der Waals surface area contributed by atoms with Crippen molar-refractivity contribution in [2.45, 2.75) is 50.8 Å². The monoisotopic (exact) mass is 433 g/mol. The van der Waals surface area contributed by atoms with Crippen molar-refractivity contribution in [1.29, 1.82) is 0 Å². The average molecular weight is 434 g/mol. The number of piperidine rings is 1. The Balaban J connectivity index is 1.34. The number of hydrogen-bond acceptors (Lipinski definition) is 4. The molecule has 1 aliphatic carbocycles. The molecular weight excluding hydrogens is 398 g/mol. The van der Waals surface area contributed by atoms with E-state index in [4.69, 9.17) is 0 Å². The number of nitrogens with one attached hydrogen (secondary N) is 1. The number of piperazine rings is 1. The number of rotatable bonds is 6. The van der Waals surface area contributed by atoms with Crippen molar-refractivity contribution in [3.63, 3.8) is 0 Å². The molecule has 2 aromatic rings. The number of carbonyl (C=O) groups excluding carboxylic acids is 1. The summed E-state index contributed by atoms with van der Waals surface area (Å²) in [7, 11) is 0. The smallest absolute Gasteiger partial charge is 0.237 e. The zero-order chi connectivity index (χ0) is 22.1. The lowest BCUT2D eigenvalue weighted by Crippen LogP contribution is -2.54. The SMILES string of the molecule is C[C@@H]1C(=O)NCCN1CCC(c1ccc(-c2ccccc2)cc1)N1CCC2(CC2)[C@H](O)C1. The van der Waals surface area contributed by atoms with Gasteiger partial charge in [0.1, 0.15) is 0 Å². The third-order valence-corrected chi connectivity index (χ3v) is 8.06. The summed E-state index contributed by atoms with van der Waals surface area (Å²) >= 11 is 0. The number of aliphatic hydroxyl groups excluding tert-OH is 1. The maximum absolute atomic E-state index is 12.1. The molecule has 1 amide bonds. The third kappa shape index (κ3) is 4.34. The molecule has 0 bridgehead atoms. The average Bonchev–Trinajstić information content (AvgIpc) is 3.61. The van der Waals surface area contributed by atoms with Gasteiger partial charge in [0.05, 0.1) is 12.1 Å². The van der Waals surface area contributed by atoms with Crippen LogP contribution in [0.5, 0.6) is 0 Å². The molecule has 2 aromatic carbocycles. The second-order valence-electron chi connectivity index (χ2n) is 9.92. The Morgan fingerprint density at radius 1 is 1.03 bits per heavy atom. The van der Waals surface area contributed by atoms with Crippen LogP contribution in [0.15, 0.2) is 54.6 Å². The molecule has 0 aromatic heterocycles. The predicted molar refractivity (Wildman–Crippen MR) is 127 cm³/mol. The first kappa shape index (κ1) is 21.6. The van der Waals surface area contributed by atoms with Gasteiger partial charge in [-0.25, -0.2) is 0 Å². The highest BCUT2D eigenvalue weighted by Gasteiger charge is 2.51.